The van der Waals surface area contributed by atoms with Gasteiger partial charge < -0.3 is 24.8 Å². The molecule has 7 nitrogen and oxygen atoms in total. The molecule has 1 unspecified atom stereocenters. The van der Waals surface area contributed by atoms with Crippen molar-refractivity contribution in [3.8, 4) is 0 Å². The molecule has 0 saturated carbocycles. The molecule has 1 atom stereocenters. The molecule has 2 N–H and O–H groups in total. The van der Waals surface area contributed by atoms with Crippen LogP contribution in [-0.4, -0.2) is 68.6 Å². The number of methoxy groups -OCH3 is 2. The molecule has 116 valence electrons. The number of urea groups is 1. The molecule has 0 bridgehead atoms. The predicted octanol–water partition coefficient (Wildman–Crippen LogP) is 0.710. The van der Waals surface area contributed by atoms with Crippen LogP contribution in [0.2, 0.25) is 0 Å². The Balaban J connectivity index is 4.48. The maximum absolute atomic E-state index is 12.1. The van der Waals surface area contributed by atoms with Gasteiger partial charge in [0, 0.05) is 33.9 Å². The molecule has 0 spiro atoms. The predicted molar refractivity (Wildman–Crippen MR) is 74.7 cm³/mol. The standard InChI is InChI=1S/C13H24N2O5/c1-4-6-11(12(16)17)14-13(18)15(8-10-20-3)7-5-9-19-2/h4,11H,1,5-10H2,2-3H3,(H,14,18)(H,16,17). The summed E-state index contributed by atoms with van der Waals surface area (Å²) in [5.41, 5.74) is 0. The van der Waals surface area contributed by atoms with E-state index in [-0.39, 0.29) is 6.42 Å². The van der Waals surface area contributed by atoms with Crippen LogP contribution in [0.4, 0.5) is 4.79 Å². The summed E-state index contributed by atoms with van der Waals surface area (Å²) in [7, 11) is 3.13. The quantitative estimate of drug-likeness (QED) is 0.432. The number of nitrogens with zero attached hydrogens (tertiary/aromatic N) is 1. The summed E-state index contributed by atoms with van der Waals surface area (Å²) in [5.74, 6) is -1.08. The summed E-state index contributed by atoms with van der Waals surface area (Å²) >= 11 is 0. The van der Waals surface area contributed by atoms with Crippen molar-refractivity contribution >= 4 is 12.0 Å². The van der Waals surface area contributed by atoms with Gasteiger partial charge >= 0.3 is 12.0 Å². The van der Waals surface area contributed by atoms with E-state index in [9.17, 15) is 9.59 Å². The van der Waals surface area contributed by atoms with Crippen molar-refractivity contribution in [2.75, 3.05) is 40.5 Å². The lowest BCUT2D eigenvalue weighted by molar-refractivity contribution is -0.139. The fourth-order valence-electron chi connectivity index (χ4n) is 1.54. The molecule has 0 aliphatic rings. The second kappa shape index (κ2) is 11.2. The second-order valence-corrected chi connectivity index (χ2v) is 4.19. The Morgan fingerprint density at radius 3 is 2.45 bits per heavy atom. The summed E-state index contributed by atoms with van der Waals surface area (Å²) < 4.78 is 9.88. The number of carbonyl (C=O) groups is 2. The molecule has 2 amide bonds. The minimum absolute atomic E-state index is 0.178. The van der Waals surface area contributed by atoms with Crippen LogP contribution in [0.1, 0.15) is 12.8 Å². The summed E-state index contributed by atoms with van der Waals surface area (Å²) in [6.45, 7) is 5.27. The average molecular weight is 288 g/mol. The molecule has 7 heteroatoms. The SMILES string of the molecule is C=CCC(NC(=O)N(CCCOC)CCOC)C(=O)O. The minimum Gasteiger partial charge on any atom is -0.480 e. The van der Waals surface area contributed by atoms with Crippen molar-refractivity contribution < 1.29 is 24.2 Å². The first kappa shape index (κ1) is 18.4. The molecule has 0 aromatic heterocycles. The highest BCUT2D eigenvalue weighted by molar-refractivity contribution is 5.82. The number of hydrogen-bond donors (Lipinski definition) is 2. The first-order valence-corrected chi connectivity index (χ1v) is 6.43. The van der Waals surface area contributed by atoms with E-state index in [1.165, 1.54) is 11.0 Å². The molecule has 0 fully saturated rings. The van der Waals surface area contributed by atoms with Gasteiger partial charge in [-0.2, -0.15) is 0 Å². The van der Waals surface area contributed by atoms with E-state index in [0.29, 0.717) is 32.7 Å². The molecule has 0 aliphatic carbocycles. The fraction of sp³-hybridized carbons (Fsp3) is 0.692. The lowest BCUT2D eigenvalue weighted by atomic mass is 10.2. The normalized spacial score (nSPS) is 11.7. The molecule has 0 aromatic carbocycles. The Bertz CT molecular complexity index is 309. The molecular formula is C13H24N2O5. The summed E-state index contributed by atoms with van der Waals surface area (Å²) in [6.07, 6.45) is 2.31. The van der Waals surface area contributed by atoms with Crippen molar-refractivity contribution in [3.05, 3.63) is 12.7 Å². The zero-order valence-corrected chi connectivity index (χ0v) is 12.1. The lowest BCUT2D eigenvalue weighted by Crippen LogP contribution is -2.49. The monoisotopic (exact) mass is 288 g/mol. The van der Waals surface area contributed by atoms with Gasteiger partial charge in [-0.25, -0.2) is 9.59 Å². The molecule has 0 rings (SSSR count). The summed E-state index contributed by atoms with van der Waals surface area (Å²) in [6, 6.07) is -1.39. The van der Waals surface area contributed by atoms with Crippen LogP contribution in [0, 0.1) is 0 Å². The van der Waals surface area contributed by atoms with E-state index in [2.05, 4.69) is 11.9 Å². The van der Waals surface area contributed by atoms with Gasteiger partial charge in [0.1, 0.15) is 6.04 Å². The van der Waals surface area contributed by atoms with Gasteiger partial charge in [-0.1, -0.05) is 6.08 Å². The molecular weight excluding hydrogens is 264 g/mol. The number of carboxylic acids is 1. The second-order valence-electron chi connectivity index (χ2n) is 4.19. The van der Waals surface area contributed by atoms with Gasteiger partial charge in [0.15, 0.2) is 0 Å². The van der Waals surface area contributed by atoms with E-state index in [0.717, 1.165) is 0 Å². The smallest absolute Gasteiger partial charge is 0.326 e. The van der Waals surface area contributed by atoms with Crippen molar-refractivity contribution in [1.29, 1.82) is 0 Å². The number of amides is 2. The lowest BCUT2D eigenvalue weighted by Gasteiger charge is -2.24. The Morgan fingerprint density at radius 2 is 1.95 bits per heavy atom. The number of nitrogens with one attached hydrogen (secondary N) is 1. The molecule has 0 aromatic rings. The van der Waals surface area contributed by atoms with Crippen LogP contribution in [-0.2, 0) is 14.3 Å². The molecule has 0 heterocycles. The number of rotatable bonds is 11. The van der Waals surface area contributed by atoms with Crippen LogP contribution >= 0.6 is 0 Å². The van der Waals surface area contributed by atoms with Gasteiger partial charge in [-0.15, -0.1) is 6.58 Å². The Labute approximate surface area is 119 Å². The zero-order valence-electron chi connectivity index (χ0n) is 12.1. The van der Waals surface area contributed by atoms with Crippen molar-refractivity contribution in [2.24, 2.45) is 0 Å². The number of aliphatic carboxylic acids is 1. The van der Waals surface area contributed by atoms with Gasteiger partial charge in [-0.05, 0) is 12.8 Å². The Morgan fingerprint density at radius 1 is 1.30 bits per heavy atom. The van der Waals surface area contributed by atoms with Crippen LogP contribution < -0.4 is 5.32 Å². The first-order valence-electron chi connectivity index (χ1n) is 6.43. The van der Waals surface area contributed by atoms with Crippen LogP contribution in [0.25, 0.3) is 0 Å². The highest BCUT2D eigenvalue weighted by atomic mass is 16.5. The average Bonchev–Trinajstić information content (AvgIpc) is 2.41. The van der Waals surface area contributed by atoms with E-state index < -0.39 is 18.0 Å². The molecule has 20 heavy (non-hydrogen) atoms. The maximum Gasteiger partial charge on any atom is 0.326 e. The number of carboxylic acid groups (broad SMARTS) is 1. The maximum atomic E-state index is 12.1. The van der Waals surface area contributed by atoms with Gasteiger partial charge in [-0.3, -0.25) is 0 Å². The third kappa shape index (κ3) is 7.75. The van der Waals surface area contributed by atoms with Crippen LogP contribution in [0.5, 0.6) is 0 Å². The number of ether oxygens (including phenoxy) is 2. The minimum atomic E-state index is -1.08. The molecule has 0 aliphatic heterocycles. The highest BCUT2D eigenvalue weighted by Crippen LogP contribution is 1.99. The third-order valence-electron chi connectivity index (χ3n) is 2.63. The molecule has 0 saturated heterocycles. The topological polar surface area (TPSA) is 88.1 Å². The van der Waals surface area contributed by atoms with Crippen LogP contribution in [0.15, 0.2) is 12.7 Å². The summed E-state index contributed by atoms with van der Waals surface area (Å²) in [5, 5.41) is 11.5. The largest absolute Gasteiger partial charge is 0.480 e. The number of hydrogen-bond acceptors (Lipinski definition) is 4. The van der Waals surface area contributed by atoms with E-state index in [1.54, 1.807) is 14.2 Å². The third-order valence-corrected chi connectivity index (χ3v) is 2.63. The van der Waals surface area contributed by atoms with E-state index in [1.807, 2.05) is 0 Å². The van der Waals surface area contributed by atoms with Gasteiger partial charge in [0.25, 0.3) is 0 Å². The van der Waals surface area contributed by atoms with E-state index in [4.69, 9.17) is 14.6 Å². The van der Waals surface area contributed by atoms with Crippen molar-refractivity contribution in [1.82, 2.24) is 10.2 Å². The van der Waals surface area contributed by atoms with Gasteiger partial charge in [0.2, 0.25) is 0 Å². The van der Waals surface area contributed by atoms with Crippen LogP contribution in [0.3, 0.4) is 0 Å². The zero-order chi connectivity index (χ0) is 15.4. The first-order chi connectivity index (χ1) is 9.56. The van der Waals surface area contributed by atoms with Crippen molar-refractivity contribution in [2.45, 2.75) is 18.9 Å². The molecule has 0 radical (unpaired) electrons. The van der Waals surface area contributed by atoms with E-state index >= 15 is 0 Å². The summed E-state index contributed by atoms with van der Waals surface area (Å²) in [4.78, 5) is 24.6. The number of carbonyl (C=O) groups excluding carboxylic acids is 1. The van der Waals surface area contributed by atoms with Crippen molar-refractivity contribution in [3.63, 3.8) is 0 Å². The highest BCUT2D eigenvalue weighted by Gasteiger charge is 2.21. The fourth-order valence-corrected chi connectivity index (χ4v) is 1.54. The Kier molecular flexibility index (Phi) is 10.3. The Hall–Kier alpha value is -1.60. The van der Waals surface area contributed by atoms with Gasteiger partial charge in [0.05, 0.1) is 6.61 Å².